The van der Waals surface area contributed by atoms with Crippen molar-refractivity contribution >= 4 is 17.5 Å². The molecule has 1 N–H and O–H groups in total. The van der Waals surface area contributed by atoms with Crippen LogP contribution in [0.25, 0.3) is 22.5 Å². The van der Waals surface area contributed by atoms with Gasteiger partial charge in [-0.15, -0.1) is 5.10 Å². The standard InChI is InChI=1S/C29H37N5O2/c1-20(2)11-9-17-27(36)33-19-22-12-5-6-13-23(22)29-28(24-14-7-8-15-25(24)33)31-32-34(29)18-10-16-26(35)30-21(3)4/h5-8,12-15,20-21H,9-11,16-19H2,1-4H3,(H,30,35). The number of fused-ring (bicyclic) bond motifs is 5. The average Bonchev–Trinajstić information content (AvgIpc) is 3.24. The normalized spacial score (nSPS) is 12.6. The zero-order valence-electron chi connectivity index (χ0n) is 21.8. The maximum absolute atomic E-state index is 13.5. The summed E-state index contributed by atoms with van der Waals surface area (Å²) in [6, 6.07) is 16.3. The molecule has 1 aliphatic rings. The topological polar surface area (TPSA) is 80.1 Å². The van der Waals surface area contributed by atoms with Crippen molar-refractivity contribution in [2.24, 2.45) is 5.92 Å². The van der Waals surface area contributed by atoms with Gasteiger partial charge in [0.1, 0.15) is 5.69 Å². The molecule has 2 aromatic carbocycles. The van der Waals surface area contributed by atoms with Crippen molar-refractivity contribution in [3.8, 4) is 22.5 Å². The first kappa shape index (κ1) is 25.6. The number of aryl methyl sites for hydroxylation is 1. The molecule has 0 bridgehead atoms. The van der Waals surface area contributed by atoms with Crippen molar-refractivity contribution in [3.63, 3.8) is 0 Å². The van der Waals surface area contributed by atoms with Crippen LogP contribution in [0.1, 0.15) is 65.4 Å². The second-order valence-electron chi connectivity index (χ2n) is 10.3. The summed E-state index contributed by atoms with van der Waals surface area (Å²) in [6.07, 6.45) is 3.53. The lowest BCUT2D eigenvalue weighted by molar-refractivity contribution is -0.121. The van der Waals surface area contributed by atoms with Gasteiger partial charge in [-0.3, -0.25) is 9.59 Å². The highest BCUT2D eigenvalue weighted by molar-refractivity contribution is 6.00. The van der Waals surface area contributed by atoms with Gasteiger partial charge in [-0.2, -0.15) is 0 Å². The fraction of sp³-hybridized carbons (Fsp3) is 0.448. The molecule has 0 radical (unpaired) electrons. The Morgan fingerprint density at radius 1 is 0.944 bits per heavy atom. The molecule has 7 nitrogen and oxygen atoms in total. The third-order valence-corrected chi connectivity index (χ3v) is 6.48. The molecule has 190 valence electrons. The number of nitrogens with one attached hydrogen (secondary N) is 1. The number of hydrogen-bond acceptors (Lipinski definition) is 4. The molecule has 36 heavy (non-hydrogen) atoms. The molecular formula is C29H37N5O2. The summed E-state index contributed by atoms with van der Waals surface area (Å²) in [5.74, 6) is 0.752. The fourth-order valence-electron chi connectivity index (χ4n) is 4.77. The van der Waals surface area contributed by atoms with Gasteiger partial charge in [0.25, 0.3) is 0 Å². The summed E-state index contributed by atoms with van der Waals surface area (Å²) in [7, 11) is 0. The molecule has 1 aliphatic heterocycles. The van der Waals surface area contributed by atoms with Crippen LogP contribution in [0, 0.1) is 5.92 Å². The summed E-state index contributed by atoms with van der Waals surface area (Å²) in [6.45, 7) is 9.38. The smallest absolute Gasteiger partial charge is 0.227 e. The van der Waals surface area contributed by atoms with Gasteiger partial charge in [0.15, 0.2) is 0 Å². The lowest BCUT2D eigenvalue weighted by Gasteiger charge is -2.28. The number of para-hydroxylation sites is 1. The maximum atomic E-state index is 13.5. The van der Waals surface area contributed by atoms with E-state index in [1.165, 1.54) is 0 Å². The van der Waals surface area contributed by atoms with Crippen LogP contribution in [0.5, 0.6) is 0 Å². The molecule has 0 saturated heterocycles. The number of nitrogens with zero attached hydrogens (tertiary/aromatic N) is 4. The van der Waals surface area contributed by atoms with Crippen LogP contribution in [-0.2, 0) is 22.7 Å². The molecule has 0 fully saturated rings. The fourth-order valence-corrected chi connectivity index (χ4v) is 4.77. The molecule has 1 aromatic heterocycles. The Labute approximate surface area is 213 Å². The van der Waals surface area contributed by atoms with E-state index in [1.54, 1.807) is 0 Å². The average molecular weight is 488 g/mol. The highest BCUT2D eigenvalue weighted by Crippen LogP contribution is 2.41. The third kappa shape index (κ3) is 5.83. The number of amides is 2. The molecule has 7 heteroatoms. The molecule has 0 spiro atoms. The SMILES string of the molecule is CC(C)CCCC(=O)N1Cc2ccccc2-c2c(nnn2CCCC(=O)NC(C)C)-c2ccccc21. The van der Waals surface area contributed by atoms with Crippen molar-refractivity contribution in [1.29, 1.82) is 0 Å². The van der Waals surface area contributed by atoms with Crippen LogP contribution in [0.2, 0.25) is 0 Å². The van der Waals surface area contributed by atoms with E-state index in [-0.39, 0.29) is 17.9 Å². The van der Waals surface area contributed by atoms with Gasteiger partial charge in [0.05, 0.1) is 17.9 Å². The molecule has 3 aromatic rings. The minimum atomic E-state index is 0.0466. The van der Waals surface area contributed by atoms with Crippen LogP contribution in [0.4, 0.5) is 5.69 Å². The van der Waals surface area contributed by atoms with E-state index in [9.17, 15) is 9.59 Å². The van der Waals surface area contributed by atoms with E-state index in [2.05, 4.69) is 41.6 Å². The number of carbonyl (C=O) groups is 2. The van der Waals surface area contributed by atoms with E-state index >= 15 is 0 Å². The minimum absolute atomic E-state index is 0.0466. The molecule has 0 saturated carbocycles. The summed E-state index contributed by atoms with van der Waals surface area (Å²) in [4.78, 5) is 27.5. The summed E-state index contributed by atoms with van der Waals surface area (Å²) in [5.41, 5.74) is 5.57. The quantitative estimate of drug-likeness (QED) is 0.427. The first-order chi connectivity index (χ1) is 17.3. The Bertz CT molecular complexity index is 1210. The summed E-state index contributed by atoms with van der Waals surface area (Å²) in [5, 5.41) is 12.1. The Balaban J connectivity index is 1.70. The van der Waals surface area contributed by atoms with E-state index in [0.29, 0.717) is 38.3 Å². The van der Waals surface area contributed by atoms with Crippen LogP contribution >= 0.6 is 0 Å². The van der Waals surface area contributed by atoms with Crippen LogP contribution < -0.4 is 10.2 Å². The van der Waals surface area contributed by atoms with Crippen molar-refractivity contribution in [1.82, 2.24) is 20.3 Å². The van der Waals surface area contributed by atoms with Crippen LogP contribution in [-0.4, -0.2) is 32.9 Å². The van der Waals surface area contributed by atoms with E-state index in [0.717, 1.165) is 46.6 Å². The summed E-state index contributed by atoms with van der Waals surface area (Å²) >= 11 is 0. The van der Waals surface area contributed by atoms with Gasteiger partial charge in [0.2, 0.25) is 11.8 Å². The predicted molar refractivity (Wildman–Crippen MR) is 143 cm³/mol. The second-order valence-corrected chi connectivity index (χ2v) is 10.3. The van der Waals surface area contributed by atoms with Gasteiger partial charge < -0.3 is 10.2 Å². The lowest BCUT2D eigenvalue weighted by atomic mass is 9.95. The van der Waals surface area contributed by atoms with Crippen molar-refractivity contribution in [3.05, 3.63) is 54.1 Å². The number of rotatable bonds is 9. The Morgan fingerprint density at radius 2 is 1.67 bits per heavy atom. The van der Waals surface area contributed by atoms with Gasteiger partial charge in [-0.25, -0.2) is 4.68 Å². The number of benzene rings is 2. The first-order valence-electron chi connectivity index (χ1n) is 13.1. The number of hydrogen-bond donors (Lipinski definition) is 1. The van der Waals surface area contributed by atoms with Crippen molar-refractivity contribution in [2.45, 2.75) is 78.9 Å². The second kappa shape index (κ2) is 11.5. The zero-order chi connectivity index (χ0) is 25.7. The predicted octanol–water partition coefficient (Wildman–Crippen LogP) is 5.59. The van der Waals surface area contributed by atoms with Crippen molar-refractivity contribution in [2.75, 3.05) is 4.90 Å². The van der Waals surface area contributed by atoms with Crippen LogP contribution in [0.15, 0.2) is 48.5 Å². The largest absolute Gasteiger partial charge is 0.354 e. The molecule has 2 amide bonds. The van der Waals surface area contributed by atoms with E-state index in [4.69, 9.17) is 0 Å². The highest BCUT2D eigenvalue weighted by atomic mass is 16.2. The van der Waals surface area contributed by atoms with Gasteiger partial charge in [-0.1, -0.05) is 67.9 Å². The molecule has 0 atom stereocenters. The number of anilines is 1. The molecule has 0 unspecified atom stereocenters. The minimum Gasteiger partial charge on any atom is -0.354 e. The van der Waals surface area contributed by atoms with Gasteiger partial charge in [0, 0.05) is 36.6 Å². The first-order valence-corrected chi connectivity index (χ1v) is 13.1. The molecular weight excluding hydrogens is 450 g/mol. The Hall–Kier alpha value is -3.48. The Kier molecular flexibility index (Phi) is 8.18. The number of carbonyl (C=O) groups excluding carboxylic acids is 2. The summed E-state index contributed by atoms with van der Waals surface area (Å²) < 4.78 is 1.91. The van der Waals surface area contributed by atoms with E-state index < -0.39 is 0 Å². The molecule has 2 heterocycles. The Morgan fingerprint density at radius 3 is 2.42 bits per heavy atom. The monoisotopic (exact) mass is 487 g/mol. The van der Waals surface area contributed by atoms with Gasteiger partial charge in [-0.05, 0) is 44.2 Å². The molecule has 4 rings (SSSR count). The van der Waals surface area contributed by atoms with Crippen molar-refractivity contribution < 1.29 is 9.59 Å². The van der Waals surface area contributed by atoms with Crippen LogP contribution in [0.3, 0.4) is 0 Å². The highest BCUT2D eigenvalue weighted by Gasteiger charge is 2.28. The third-order valence-electron chi connectivity index (χ3n) is 6.48. The van der Waals surface area contributed by atoms with E-state index in [1.807, 2.05) is 59.8 Å². The van der Waals surface area contributed by atoms with Gasteiger partial charge >= 0.3 is 0 Å². The number of aromatic nitrogens is 3. The molecule has 0 aliphatic carbocycles. The lowest BCUT2D eigenvalue weighted by Crippen LogP contribution is -2.31. The zero-order valence-corrected chi connectivity index (χ0v) is 21.8. The maximum Gasteiger partial charge on any atom is 0.227 e.